The van der Waals surface area contributed by atoms with Gasteiger partial charge in [-0.1, -0.05) is 43.5 Å². The Morgan fingerprint density at radius 2 is 1.96 bits per heavy atom. The van der Waals surface area contributed by atoms with Crippen LogP contribution < -0.4 is 10.6 Å². The lowest BCUT2D eigenvalue weighted by Gasteiger charge is -2.37. The predicted molar refractivity (Wildman–Crippen MR) is 107 cm³/mol. The van der Waals surface area contributed by atoms with Crippen molar-refractivity contribution in [1.29, 1.82) is 0 Å². The second-order valence-corrected chi connectivity index (χ2v) is 7.34. The molecular formula is C21H35N3O2. The lowest BCUT2D eigenvalue weighted by Crippen LogP contribution is -2.44. The molecule has 0 bridgehead atoms. The van der Waals surface area contributed by atoms with E-state index in [1.54, 1.807) is 7.11 Å². The van der Waals surface area contributed by atoms with Crippen LogP contribution in [0.25, 0.3) is 0 Å². The molecule has 5 nitrogen and oxygen atoms in total. The molecule has 26 heavy (non-hydrogen) atoms. The summed E-state index contributed by atoms with van der Waals surface area (Å²) in [4.78, 5) is 4.75. The fraction of sp³-hybridized carbons (Fsp3) is 0.667. The Balaban J connectivity index is 1.98. The van der Waals surface area contributed by atoms with E-state index in [0.717, 1.165) is 25.5 Å². The number of aliphatic hydroxyl groups is 1. The normalized spacial score (nSPS) is 17.1. The minimum absolute atomic E-state index is 0.210. The third-order valence-corrected chi connectivity index (χ3v) is 5.25. The van der Waals surface area contributed by atoms with Gasteiger partial charge in [-0.15, -0.1) is 0 Å². The molecule has 3 N–H and O–H groups in total. The highest BCUT2D eigenvalue weighted by Crippen LogP contribution is 2.38. The number of nitrogens with one attached hydrogen (secondary N) is 2. The molecule has 1 aliphatic rings. The molecule has 1 aliphatic carbocycles. The average Bonchev–Trinajstić information content (AvgIpc) is 2.66. The Morgan fingerprint density at radius 3 is 2.65 bits per heavy atom. The van der Waals surface area contributed by atoms with Crippen LogP contribution in [0.3, 0.4) is 0 Å². The number of ether oxygens (including phenoxy) is 1. The summed E-state index contributed by atoms with van der Waals surface area (Å²) in [6.07, 6.45) is 7.11. The van der Waals surface area contributed by atoms with Crippen molar-refractivity contribution < 1.29 is 9.84 Å². The minimum atomic E-state index is 0.210. The van der Waals surface area contributed by atoms with Crippen LogP contribution in [-0.4, -0.2) is 37.9 Å². The molecule has 0 saturated heterocycles. The van der Waals surface area contributed by atoms with Crippen LogP contribution in [0.1, 0.15) is 56.6 Å². The zero-order chi connectivity index (χ0) is 18.7. The van der Waals surface area contributed by atoms with E-state index in [1.807, 2.05) is 0 Å². The van der Waals surface area contributed by atoms with Gasteiger partial charge in [0.2, 0.25) is 0 Å². The zero-order valence-corrected chi connectivity index (χ0v) is 16.4. The number of benzene rings is 1. The van der Waals surface area contributed by atoms with E-state index in [1.165, 1.54) is 43.2 Å². The standard InChI is InChI=1S/C21H35N3O2/c1-3-22-20(23-15-18-8-7-9-19(14-18)16-26-2)24-17-21(12-13-25)10-5-4-6-11-21/h7-9,14,25H,3-6,10-13,15-17H2,1-2H3,(H2,22,23,24). The van der Waals surface area contributed by atoms with Crippen LogP contribution in [0.2, 0.25) is 0 Å². The van der Waals surface area contributed by atoms with Crippen molar-refractivity contribution in [3.8, 4) is 0 Å². The van der Waals surface area contributed by atoms with Crippen molar-refractivity contribution in [3.63, 3.8) is 0 Å². The van der Waals surface area contributed by atoms with E-state index in [-0.39, 0.29) is 12.0 Å². The quantitative estimate of drug-likeness (QED) is 0.467. The summed E-state index contributed by atoms with van der Waals surface area (Å²) in [7, 11) is 1.71. The maximum atomic E-state index is 9.49. The molecule has 0 aliphatic heterocycles. The summed E-state index contributed by atoms with van der Waals surface area (Å²) in [5, 5.41) is 16.4. The lowest BCUT2D eigenvalue weighted by molar-refractivity contribution is 0.131. The van der Waals surface area contributed by atoms with Gasteiger partial charge >= 0.3 is 0 Å². The highest BCUT2D eigenvalue weighted by atomic mass is 16.5. The first-order valence-electron chi connectivity index (χ1n) is 9.91. The Morgan fingerprint density at radius 1 is 1.19 bits per heavy atom. The zero-order valence-electron chi connectivity index (χ0n) is 16.4. The number of hydrogen-bond acceptors (Lipinski definition) is 3. The minimum Gasteiger partial charge on any atom is -0.396 e. The second-order valence-electron chi connectivity index (χ2n) is 7.34. The molecule has 1 fully saturated rings. The number of hydrogen-bond donors (Lipinski definition) is 3. The molecule has 1 aromatic carbocycles. The van der Waals surface area contributed by atoms with Crippen molar-refractivity contribution in [2.24, 2.45) is 10.4 Å². The number of aliphatic imine (C=N–C) groups is 1. The summed E-state index contributed by atoms with van der Waals surface area (Å²) in [5.74, 6) is 0.854. The fourth-order valence-electron chi connectivity index (χ4n) is 3.82. The van der Waals surface area contributed by atoms with E-state index < -0.39 is 0 Å². The van der Waals surface area contributed by atoms with Gasteiger partial charge < -0.3 is 20.5 Å². The van der Waals surface area contributed by atoms with E-state index in [0.29, 0.717) is 13.2 Å². The topological polar surface area (TPSA) is 65.9 Å². The monoisotopic (exact) mass is 361 g/mol. The average molecular weight is 362 g/mol. The summed E-state index contributed by atoms with van der Waals surface area (Å²) >= 11 is 0. The molecule has 0 amide bonds. The van der Waals surface area contributed by atoms with Crippen molar-refractivity contribution >= 4 is 5.96 Å². The molecule has 5 heteroatoms. The number of aliphatic hydroxyl groups excluding tert-OH is 1. The molecule has 0 atom stereocenters. The van der Waals surface area contributed by atoms with Gasteiger partial charge in [-0.25, -0.2) is 4.99 Å². The number of guanidine groups is 1. The van der Waals surface area contributed by atoms with Gasteiger partial charge in [0.25, 0.3) is 0 Å². The van der Waals surface area contributed by atoms with Crippen molar-refractivity contribution in [3.05, 3.63) is 35.4 Å². The highest BCUT2D eigenvalue weighted by molar-refractivity contribution is 5.79. The molecule has 1 saturated carbocycles. The predicted octanol–water partition coefficient (Wildman–Crippen LogP) is 3.22. The number of rotatable bonds is 9. The molecule has 2 rings (SSSR count). The molecule has 0 heterocycles. The van der Waals surface area contributed by atoms with E-state index >= 15 is 0 Å². The molecule has 1 aromatic rings. The number of nitrogens with zero attached hydrogens (tertiary/aromatic N) is 1. The SMILES string of the molecule is CCNC(=NCc1cccc(COC)c1)NCC1(CCO)CCCCC1. The molecule has 146 valence electrons. The Bertz CT molecular complexity index is 548. The van der Waals surface area contributed by atoms with Crippen molar-refractivity contribution in [2.75, 3.05) is 26.8 Å². The first-order valence-corrected chi connectivity index (χ1v) is 9.91. The second kappa shape index (κ2) is 11.2. The van der Waals surface area contributed by atoms with E-state index in [2.05, 4.69) is 41.8 Å². The van der Waals surface area contributed by atoms with E-state index in [4.69, 9.17) is 9.73 Å². The van der Waals surface area contributed by atoms with Gasteiger partial charge in [-0.3, -0.25) is 0 Å². The maximum absolute atomic E-state index is 9.49. The smallest absolute Gasteiger partial charge is 0.191 e. The largest absolute Gasteiger partial charge is 0.396 e. The van der Waals surface area contributed by atoms with Crippen LogP contribution in [0.4, 0.5) is 0 Å². The van der Waals surface area contributed by atoms with E-state index in [9.17, 15) is 5.11 Å². The molecular weight excluding hydrogens is 326 g/mol. The lowest BCUT2D eigenvalue weighted by atomic mass is 9.72. The third kappa shape index (κ3) is 6.61. The highest BCUT2D eigenvalue weighted by Gasteiger charge is 2.31. The fourth-order valence-corrected chi connectivity index (χ4v) is 3.82. The van der Waals surface area contributed by atoms with Crippen LogP contribution >= 0.6 is 0 Å². The Hall–Kier alpha value is -1.59. The molecule has 0 spiro atoms. The van der Waals surface area contributed by atoms with Gasteiger partial charge in [0, 0.05) is 26.8 Å². The van der Waals surface area contributed by atoms with Crippen LogP contribution in [-0.2, 0) is 17.9 Å². The van der Waals surface area contributed by atoms with Crippen LogP contribution in [0.15, 0.2) is 29.3 Å². The molecule has 0 radical (unpaired) electrons. The van der Waals surface area contributed by atoms with Crippen molar-refractivity contribution in [1.82, 2.24) is 10.6 Å². The van der Waals surface area contributed by atoms with Crippen molar-refractivity contribution in [2.45, 2.75) is 58.6 Å². The van der Waals surface area contributed by atoms with Gasteiger partial charge in [0.05, 0.1) is 13.2 Å². The first-order chi connectivity index (χ1) is 12.7. The summed E-state index contributed by atoms with van der Waals surface area (Å²) in [5.41, 5.74) is 2.56. The van der Waals surface area contributed by atoms with Crippen LogP contribution in [0.5, 0.6) is 0 Å². The van der Waals surface area contributed by atoms with Gasteiger partial charge in [-0.05, 0) is 42.7 Å². The van der Waals surface area contributed by atoms with Gasteiger partial charge in [0.1, 0.15) is 0 Å². The Kier molecular flexibility index (Phi) is 8.92. The number of methoxy groups -OCH3 is 1. The summed E-state index contributed by atoms with van der Waals surface area (Å²) < 4.78 is 5.21. The van der Waals surface area contributed by atoms with Crippen LogP contribution in [0, 0.1) is 5.41 Å². The third-order valence-electron chi connectivity index (χ3n) is 5.25. The van der Waals surface area contributed by atoms with Gasteiger partial charge in [-0.2, -0.15) is 0 Å². The first kappa shape index (κ1) is 20.7. The summed E-state index contributed by atoms with van der Waals surface area (Å²) in [6, 6.07) is 8.37. The maximum Gasteiger partial charge on any atom is 0.191 e. The summed E-state index contributed by atoms with van der Waals surface area (Å²) in [6.45, 7) is 5.33. The molecule has 0 aromatic heterocycles. The van der Waals surface area contributed by atoms with Gasteiger partial charge in [0.15, 0.2) is 5.96 Å². The molecule has 0 unspecified atom stereocenters. The Labute approximate surface area is 158 Å².